The summed E-state index contributed by atoms with van der Waals surface area (Å²) in [5, 5.41) is 0. The fraction of sp³-hybridized carbons (Fsp3) is 0.857. The van der Waals surface area contributed by atoms with Gasteiger partial charge in [-0.05, 0) is 0 Å². The van der Waals surface area contributed by atoms with Crippen LogP contribution in [0, 0.1) is 5.75 Å². The number of hydrogen-bond acceptors (Lipinski definition) is 1. The van der Waals surface area contributed by atoms with Gasteiger partial charge in [0.25, 0.3) is 0 Å². The second kappa shape index (κ2) is 7.35. The number of unbranched alkanes of at least 4 members (excludes halogenated alkanes) is 4. The van der Waals surface area contributed by atoms with E-state index in [0.29, 0.717) is 0 Å². The smallest absolute Gasteiger partial charge is 0.0537 e. The molecule has 50 valence electrons. The van der Waals surface area contributed by atoms with E-state index in [0.717, 1.165) is 0 Å². The van der Waals surface area contributed by atoms with Crippen LogP contribution in [0.4, 0.5) is 0 Å². The molecule has 0 atom stereocenters. The lowest BCUT2D eigenvalue weighted by molar-refractivity contribution is 0.671. The maximum atomic E-state index is 4.00. The monoisotopic (exact) mass is 131 g/mol. The minimum atomic E-state index is 1.17. The number of hydrogen-bond donors (Lipinski definition) is 1. The van der Waals surface area contributed by atoms with Crippen LogP contribution in [0.5, 0.6) is 0 Å². The van der Waals surface area contributed by atoms with Crippen molar-refractivity contribution >= 4 is 12.6 Å². The van der Waals surface area contributed by atoms with Crippen molar-refractivity contribution in [1.29, 1.82) is 0 Å². The van der Waals surface area contributed by atoms with Crippen molar-refractivity contribution in [2.24, 2.45) is 0 Å². The van der Waals surface area contributed by atoms with Crippen molar-refractivity contribution in [3.05, 3.63) is 5.75 Å². The molecule has 0 bridgehead atoms. The Kier molecular flexibility index (Phi) is 7.67. The normalized spacial score (nSPS) is 9.75. The van der Waals surface area contributed by atoms with Crippen molar-refractivity contribution in [1.82, 2.24) is 0 Å². The Bertz CT molecular complexity index is 29.4. The second-order valence-corrected chi connectivity index (χ2v) is 2.40. The van der Waals surface area contributed by atoms with Gasteiger partial charge in [-0.3, -0.25) is 5.75 Å². The lowest BCUT2D eigenvalue weighted by Crippen LogP contribution is -1.73. The van der Waals surface area contributed by atoms with Gasteiger partial charge >= 0.3 is 0 Å². The predicted molar refractivity (Wildman–Crippen MR) is 42.0 cm³/mol. The molecule has 0 fully saturated rings. The molecule has 0 aliphatic heterocycles. The lowest BCUT2D eigenvalue weighted by atomic mass is 10.2. The molecule has 0 spiro atoms. The summed E-state index contributed by atoms with van der Waals surface area (Å²) in [5.41, 5.74) is 0. The van der Waals surface area contributed by atoms with Crippen molar-refractivity contribution in [2.75, 3.05) is 0 Å². The third-order valence-electron chi connectivity index (χ3n) is 1.19. The van der Waals surface area contributed by atoms with Gasteiger partial charge in [0.05, 0.1) is 0 Å². The standard InChI is InChI=1S/C7H15S/c1-2-3-4-5-6-7-8/h7-8H,2-6H2,1H3/q-1. The quantitative estimate of drug-likeness (QED) is 0.331. The first-order chi connectivity index (χ1) is 3.91. The Labute approximate surface area is 58.1 Å². The van der Waals surface area contributed by atoms with Gasteiger partial charge < -0.3 is 12.6 Å². The van der Waals surface area contributed by atoms with E-state index in [-0.39, 0.29) is 0 Å². The van der Waals surface area contributed by atoms with E-state index in [1.54, 1.807) is 0 Å². The van der Waals surface area contributed by atoms with Crippen LogP contribution in [0.25, 0.3) is 0 Å². The first kappa shape index (κ1) is 8.35. The van der Waals surface area contributed by atoms with E-state index in [1.807, 2.05) is 5.75 Å². The van der Waals surface area contributed by atoms with E-state index in [1.165, 1.54) is 32.1 Å². The van der Waals surface area contributed by atoms with E-state index < -0.39 is 0 Å². The molecule has 0 aromatic carbocycles. The summed E-state index contributed by atoms with van der Waals surface area (Å²) in [5.74, 6) is 1.94. The van der Waals surface area contributed by atoms with Gasteiger partial charge in [-0.1, -0.05) is 32.6 Å². The van der Waals surface area contributed by atoms with E-state index in [9.17, 15) is 0 Å². The molecule has 0 aliphatic carbocycles. The molecule has 0 radical (unpaired) electrons. The van der Waals surface area contributed by atoms with E-state index in [2.05, 4.69) is 19.6 Å². The summed E-state index contributed by atoms with van der Waals surface area (Å²) in [4.78, 5) is 0. The fourth-order valence-corrected chi connectivity index (χ4v) is 0.845. The minimum Gasteiger partial charge on any atom is -0.369 e. The molecule has 8 heavy (non-hydrogen) atoms. The Morgan fingerprint density at radius 2 is 2.00 bits per heavy atom. The van der Waals surface area contributed by atoms with Crippen LogP contribution < -0.4 is 0 Å². The van der Waals surface area contributed by atoms with Crippen LogP contribution in [0.2, 0.25) is 0 Å². The Hall–Kier alpha value is 0.350. The fourth-order valence-electron chi connectivity index (χ4n) is 0.662. The average molecular weight is 131 g/mol. The summed E-state index contributed by atoms with van der Waals surface area (Å²) in [6.45, 7) is 2.23. The van der Waals surface area contributed by atoms with E-state index >= 15 is 0 Å². The molecule has 0 heterocycles. The summed E-state index contributed by atoms with van der Waals surface area (Å²) in [7, 11) is 0. The third kappa shape index (κ3) is 6.35. The molecule has 0 saturated carbocycles. The first-order valence-electron chi connectivity index (χ1n) is 3.37. The van der Waals surface area contributed by atoms with Crippen LogP contribution >= 0.6 is 12.6 Å². The highest BCUT2D eigenvalue weighted by molar-refractivity contribution is 7.82. The molecular formula is C7H15S-. The molecule has 0 aromatic heterocycles. The molecule has 0 aromatic rings. The molecule has 0 unspecified atom stereocenters. The van der Waals surface area contributed by atoms with Gasteiger partial charge in [0.15, 0.2) is 0 Å². The van der Waals surface area contributed by atoms with Crippen LogP contribution in [-0.4, -0.2) is 0 Å². The molecule has 1 heteroatoms. The predicted octanol–water partition coefficient (Wildman–Crippen LogP) is 3.05. The Morgan fingerprint density at radius 3 is 2.50 bits per heavy atom. The Morgan fingerprint density at radius 1 is 1.25 bits per heavy atom. The maximum Gasteiger partial charge on any atom is -0.0537 e. The van der Waals surface area contributed by atoms with Gasteiger partial charge in [0.1, 0.15) is 0 Å². The molecule has 0 rings (SSSR count). The molecule has 0 N–H and O–H groups in total. The first-order valence-corrected chi connectivity index (χ1v) is 3.89. The van der Waals surface area contributed by atoms with Gasteiger partial charge in [-0.15, -0.1) is 0 Å². The molecular weight excluding hydrogens is 116 g/mol. The summed E-state index contributed by atoms with van der Waals surface area (Å²) >= 11 is 4.00. The zero-order chi connectivity index (χ0) is 6.24. The maximum absolute atomic E-state index is 4.00. The lowest BCUT2D eigenvalue weighted by Gasteiger charge is -2.01. The van der Waals surface area contributed by atoms with Crippen LogP contribution in [0.15, 0.2) is 0 Å². The largest absolute Gasteiger partial charge is 0.369 e. The van der Waals surface area contributed by atoms with Gasteiger partial charge in [-0.2, -0.15) is 6.42 Å². The van der Waals surface area contributed by atoms with Crippen molar-refractivity contribution in [3.8, 4) is 0 Å². The number of rotatable bonds is 5. The zero-order valence-electron chi connectivity index (χ0n) is 5.56. The summed E-state index contributed by atoms with van der Waals surface area (Å²) in [6.07, 6.45) is 6.56. The molecule has 0 nitrogen and oxygen atoms in total. The highest BCUT2D eigenvalue weighted by Gasteiger charge is 1.79. The Balaban J connectivity index is 2.53. The molecule has 0 saturated heterocycles. The van der Waals surface area contributed by atoms with Crippen LogP contribution in [0.1, 0.15) is 39.0 Å². The van der Waals surface area contributed by atoms with Gasteiger partial charge in [0.2, 0.25) is 0 Å². The van der Waals surface area contributed by atoms with Crippen molar-refractivity contribution < 1.29 is 0 Å². The average Bonchev–Trinajstić information content (AvgIpc) is 1.81. The molecule has 0 amide bonds. The highest BCUT2D eigenvalue weighted by atomic mass is 32.1. The summed E-state index contributed by atoms with van der Waals surface area (Å²) < 4.78 is 0. The SMILES string of the molecule is CCCCCC[CH-]S. The highest BCUT2D eigenvalue weighted by Crippen LogP contribution is 2.04. The third-order valence-corrected chi connectivity index (χ3v) is 1.44. The van der Waals surface area contributed by atoms with Crippen LogP contribution in [0.3, 0.4) is 0 Å². The van der Waals surface area contributed by atoms with Crippen LogP contribution in [-0.2, 0) is 0 Å². The summed E-state index contributed by atoms with van der Waals surface area (Å²) in [6, 6.07) is 0. The topological polar surface area (TPSA) is 0 Å². The number of thiol groups is 1. The van der Waals surface area contributed by atoms with Gasteiger partial charge in [0, 0.05) is 0 Å². The van der Waals surface area contributed by atoms with Gasteiger partial charge in [-0.25, -0.2) is 0 Å². The zero-order valence-corrected chi connectivity index (χ0v) is 6.45. The van der Waals surface area contributed by atoms with Crippen molar-refractivity contribution in [2.45, 2.75) is 39.0 Å². The minimum absolute atomic E-state index is 1.17. The van der Waals surface area contributed by atoms with Crippen molar-refractivity contribution in [3.63, 3.8) is 0 Å². The van der Waals surface area contributed by atoms with E-state index in [4.69, 9.17) is 0 Å². The second-order valence-electron chi connectivity index (χ2n) is 2.03. The molecule has 0 aliphatic rings.